The molecule has 0 spiro atoms. The van der Waals surface area contributed by atoms with Crippen molar-refractivity contribution in [3.63, 3.8) is 0 Å². The van der Waals surface area contributed by atoms with Gasteiger partial charge in [0.2, 0.25) is 0 Å². The molecule has 0 aromatic heterocycles. The zero-order chi connectivity index (χ0) is 72.1. The SMILES string of the molecule is CCCCCCCCCCCCCCCCCCCCCCCCC(=O)O[C@H](COC(=O)CCCCCCCCCCCCC(C)C)COP(=O)(O)OC[C@@H](O)COP(=O)(O)OC[C@@H](COC(=O)CCCCCCCCCCCC)OC(=O)CCCCCCCCCCCCC(C)C. The monoisotopic (exact) mass is 1440 g/mol. The largest absolute Gasteiger partial charge is 0.472 e. The Morgan fingerprint density at radius 1 is 0.276 bits per heavy atom. The number of phosphoric ester groups is 2. The van der Waals surface area contributed by atoms with Crippen molar-refractivity contribution >= 4 is 39.5 Å². The number of carbonyl (C=O) groups is 4. The van der Waals surface area contributed by atoms with Gasteiger partial charge in [0, 0.05) is 25.7 Å². The van der Waals surface area contributed by atoms with E-state index < -0.39 is 97.5 Å². The first-order valence-electron chi connectivity index (χ1n) is 41.0. The maximum absolute atomic E-state index is 13.1. The number of ether oxygens (including phenoxy) is 4. The highest BCUT2D eigenvalue weighted by Crippen LogP contribution is 2.45. The molecule has 0 radical (unpaired) electrons. The van der Waals surface area contributed by atoms with Gasteiger partial charge in [0.15, 0.2) is 12.2 Å². The van der Waals surface area contributed by atoms with Crippen LogP contribution in [0.4, 0.5) is 0 Å². The third-order valence-electron chi connectivity index (χ3n) is 18.5. The Hall–Kier alpha value is -1.94. The van der Waals surface area contributed by atoms with Crippen molar-refractivity contribution < 1.29 is 80.2 Å². The van der Waals surface area contributed by atoms with Gasteiger partial charge in [0.05, 0.1) is 26.4 Å². The van der Waals surface area contributed by atoms with Gasteiger partial charge in [-0.2, -0.15) is 0 Å². The summed E-state index contributed by atoms with van der Waals surface area (Å²) >= 11 is 0. The fourth-order valence-corrected chi connectivity index (χ4v) is 13.8. The maximum Gasteiger partial charge on any atom is 0.472 e. The molecule has 0 saturated carbocycles. The Morgan fingerprint density at radius 3 is 0.694 bits per heavy atom. The second-order valence-electron chi connectivity index (χ2n) is 29.4. The number of aliphatic hydroxyl groups is 1. The Morgan fingerprint density at radius 2 is 0.469 bits per heavy atom. The number of unbranched alkanes of at least 4 members (excludes halogenated alkanes) is 48. The van der Waals surface area contributed by atoms with Gasteiger partial charge in [-0.05, 0) is 37.5 Å². The molecule has 0 aliphatic rings. The minimum Gasteiger partial charge on any atom is -0.462 e. The van der Waals surface area contributed by atoms with Crippen LogP contribution in [0.2, 0.25) is 0 Å². The highest BCUT2D eigenvalue weighted by Gasteiger charge is 2.30. The summed E-state index contributed by atoms with van der Waals surface area (Å²) in [7, 11) is -9.91. The van der Waals surface area contributed by atoms with Gasteiger partial charge in [-0.15, -0.1) is 0 Å². The van der Waals surface area contributed by atoms with Crippen molar-refractivity contribution in [2.75, 3.05) is 39.6 Å². The number of esters is 4. The number of hydrogen-bond donors (Lipinski definition) is 3. The molecule has 0 aliphatic carbocycles. The smallest absolute Gasteiger partial charge is 0.462 e. The minimum absolute atomic E-state index is 0.106. The van der Waals surface area contributed by atoms with E-state index >= 15 is 0 Å². The fraction of sp³-hybridized carbons (Fsp3) is 0.949. The van der Waals surface area contributed by atoms with E-state index in [1.807, 2.05) is 0 Å². The van der Waals surface area contributed by atoms with Crippen LogP contribution < -0.4 is 0 Å². The van der Waals surface area contributed by atoms with E-state index in [0.717, 1.165) is 102 Å². The number of rotatable bonds is 78. The van der Waals surface area contributed by atoms with E-state index in [2.05, 4.69) is 41.5 Å². The van der Waals surface area contributed by atoms with Crippen molar-refractivity contribution in [2.45, 2.75) is 432 Å². The maximum atomic E-state index is 13.1. The molecule has 0 aromatic rings. The van der Waals surface area contributed by atoms with Gasteiger partial charge < -0.3 is 33.8 Å². The molecule has 5 atom stereocenters. The molecule has 0 amide bonds. The van der Waals surface area contributed by atoms with Gasteiger partial charge in [0.1, 0.15) is 19.3 Å². The second kappa shape index (κ2) is 70.7. The molecule has 0 heterocycles. The molecule has 0 aromatic carbocycles. The Bertz CT molecular complexity index is 1890. The molecule has 2 unspecified atom stereocenters. The minimum atomic E-state index is -4.96. The summed E-state index contributed by atoms with van der Waals surface area (Å²) in [5, 5.41) is 10.6. The van der Waals surface area contributed by atoms with E-state index in [9.17, 15) is 43.2 Å². The van der Waals surface area contributed by atoms with Crippen LogP contribution in [-0.2, 0) is 65.4 Å². The lowest BCUT2D eigenvalue weighted by atomic mass is 10.0. The van der Waals surface area contributed by atoms with Crippen molar-refractivity contribution in [1.29, 1.82) is 0 Å². The van der Waals surface area contributed by atoms with E-state index in [-0.39, 0.29) is 25.7 Å². The molecular formula is C79H154O17P2. The first kappa shape index (κ1) is 96.1. The summed E-state index contributed by atoms with van der Waals surface area (Å²) < 4.78 is 68.6. The quantitative estimate of drug-likeness (QED) is 0.0222. The Balaban J connectivity index is 5.19. The van der Waals surface area contributed by atoms with Crippen molar-refractivity contribution in [3.8, 4) is 0 Å². The van der Waals surface area contributed by atoms with Gasteiger partial charge in [-0.25, -0.2) is 9.13 Å². The number of hydrogen-bond acceptors (Lipinski definition) is 15. The first-order chi connectivity index (χ1) is 47.4. The van der Waals surface area contributed by atoms with Crippen LogP contribution in [0.3, 0.4) is 0 Å². The molecular weight excluding hydrogens is 1280 g/mol. The van der Waals surface area contributed by atoms with Crippen molar-refractivity contribution in [3.05, 3.63) is 0 Å². The zero-order valence-electron chi connectivity index (χ0n) is 64.1. The van der Waals surface area contributed by atoms with Crippen LogP contribution in [-0.4, -0.2) is 96.7 Å². The summed E-state index contributed by atoms with van der Waals surface area (Å²) in [6.07, 6.45) is 59.8. The molecule has 582 valence electrons. The van der Waals surface area contributed by atoms with Crippen LogP contribution >= 0.6 is 15.6 Å². The molecule has 3 N–H and O–H groups in total. The Kier molecular flexibility index (Phi) is 69.3. The molecule has 0 aliphatic heterocycles. The van der Waals surface area contributed by atoms with Crippen LogP contribution in [0.5, 0.6) is 0 Å². The third kappa shape index (κ3) is 72.4. The van der Waals surface area contributed by atoms with Gasteiger partial charge in [-0.1, -0.05) is 363 Å². The number of carbonyl (C=O) groups excluding carboxylic acids is 4. The molecule has 0 fully saturated rings. The van der Waals surface area contributed by atoms with Crippen LogP contribution in [0.25, 0.3) is 0 Å². The summed E-state index contributed by atoms with van der Waals surface area (Å²) in [5.41, 5.74) is 0. The van der Waals surface area contributed by atoms with E-state index in [0.29, 0.717) is 25.7 Å². The van der Waals surface area contributed by atoms with E-state index in [4.69, 9.17) is 37.0 Å². The molecule has 17 nitrogen and oxygen atoms in total. The summed E-state index contributed by atoms with van der Waals surface area (Å²) in [6, 6.07) is 0. The average molecular weight is 1440 g/mol. The van der Waals surface area contributed by atoms with Gasteiger partial charge in [-0.3, -0.25) is 37.3 Å². The molecule has 0 saturated heterocycles. The van der Waals surface area contributed by atoms with E-state index in [1.165, 1.54) is 231 Å². The average Bonchev–Trinajstić information content (AvgIpc) is 1.29. The van der Waals surface area contributed by atoms with Crippen molar-refractivity contribution in [2.24, 2.45) is 11.8 Å². The van der Waals surface area contributed by atoms with Crippen LogP contribution in [0, 0.1) is 11.8 Å². The highest BCUT2D eigenvalue weighted by atomic mass is 31.2. The molecule has 0 rings (SSSR count). The summed E-state index contributed by atoms with van der Waals surface area (Å²) in [6.45, 7) is 9.59. The zero-order valence-corrected chi connectivity index (χ0v) is 65.9. The number of phosphoric acid groups is 2. The first-order valence-corrected chi connectivity index (χ1v) is 44.0. The Labute approximate surface area is 600 Å². The van der Waals surface area contributed by atoms with Crippen molar-refractivity contribution in [1.82, 2.24) is 0 Å². The van der Waals surface area contributed by atoms with Gasteiger partial charge in [0.25, 0.3) is 0 Å². The summed E-state index contributed by atoms with van der Waals surface area (Å²) in [4.78, 5) is 72.9. The normalized spacial score (nSPS) is 13.9. The highest BCUT2D eigenvalue weighted by molar-refractivity contribution is 7.47. The molecule has 19 heteroatoms. The molecule has 0 bridgehead atoms. The molecule has 98 heavy (non-hydrogen) atoms. The fourth-order valence-electron chi connectivity index (χ4n) is 12.2. The predicted molar refractivity (Wildman–Crippen MR) is 400 cm³/mol. The topological polar surface area (TPSA) is 237 Å². The summed E-state index contributed by atoms with van der Waals surface area (Å²) in [5.74, 6) is -0.603. The lowest BCUT2D eigenvalue weighted by molar-refractivity contribution is -0.161. The number of aliphatic hydroxyl groups excluding tert-OH is 1. The third-order valence-corrected chi connectivity index (χ3v) is 20.4. The predicted octanol–water partition coefficient (Wildman–Crippen LogP) is 23.5. The van der Waals surface area contributed by atoms with Crippen LogP contribution in [0.1, 0.15) is 414 Å². The standard InChI is InChI=1S/C79H154O17P2/c1-7-9-11-13-15-17-19-20-21-22-23-24-25-26-27-28-29-30-39-45-51-57-63-78(83)95-75(68-90-77(82)62-56-50-44-38-33-31-35-41-47-53-59-71(3)4)70-94-98(87,88)92-66-73(80)65-91-97(85,86)93-69-74(67-89-76(81)61-55-49-43-37-18-16-14-12-10-8-2)96-79(84)64-58-52-46-40-34-32-36-42-48-54-60-72(5)6/h71-75,80H,7-70H2,1-6H3,(H,85,86)(H,87,88)/t73-,74+,75+/m0/s1. The second-order valence-corrected chi connectivity index (χ2v) is 32.3. The lowest BCUT2D eigenvalue weighted by Crippen LogP contribution is -2.30. The lowest BCUT2D eigenvalue weighted by Gasteiger charge is -2.21. The van der Waals surface area contributed by atoms with Crippen LogP contribution in [0.15, 0.2) is 0 Å². The van der Waals surface area contributed by atoms with E-state index in [1.54, 1.807) is 0 Å². The van der Waals surface area contributed by atoms with Gasteiger partial charge >= 0.3 is 39.5 Å².